The first-order valence-corrected chi connectivity index (χ1v) is 12.5. The maximum absolute atomic E-state index is 13.7. The maximum Gasteiger partial charge on any atom is 0.226 e. The molecule has 0 aliphatic heterocycles. The second kappa shape index (κ2) is 8.30. The molecule has 1 amide bonds. The normalized spacial score (nSPS) is 29.2. The summed E-state index contributed by atoms with van der Waals surface area (Å²) < 4.78 is 7.30. The molecule has 2 atom stereocenters. The molecule has 0 radical (unpaired) electrons. The Hall–Kier alpha value is -3.08. The molecule has 1 N–H and O–H groups in total. The third kappa shape index (κ3) is 3.81. The summed E-state index contributed by atoms with van der Waals surface area (Å²) >= 11 is 0. The zero-order chi connectivity index (χ0) is 23.2. The Morgan fingerprint density at radius 3 is 2.38 bits per heavy atom. The lowest BCUT2D eigenvalue weighted by atomic mass is 9.42. The lowest BCUT2D eigenvalue weighted by Crippen LogP contribution is -2.59. The summed E-state index contributed by atoms with van der Waals surface area (Å²) in [7, 11) is 1.71. The van der Waals surface area contributed by atoms with Gasteiger partial charge in [0, 0.05) is 18.9 Å². The molecule has 5 heteroatoms. The number of aromatic nitrogens is 2. The topological polar surface area (TPSA) is 56.1 Å². The highest BCUT2D eigenvalue weighted by Crippen LogP contribution is 2.65. The van der Waals surface area contributed by atoms with E-state index < -0.39 is 0 Å². The number of carbonyl (C=O) groups excluding carboxylic acids is 1. The van der Waals surface area contributed by atoms with Crippen LogP contribution < -0.4 is 10.1 Å². The van der Waals surface area contributed by atoms with E-state index in [2.05, 4.69) is 58.9 Å². The van der Waals surface area contributed by atoms with E-state index in [4.69, 9.17) is 4.74 Å². The molecular weight excluding hydrogens is 422 g/mol. The number of benzene rings is 2. The molecule has 7 rings (SSSR count). The van der Waals surface area contributed by atoms with Gasteiger partial charge in [-0.25, -0.2) is 0 Å². The van der Waals surface area contributed by atoms with Crippen LogP contribution >= 0.6 is 0 Å². The molecule has 0 unspecified atom stereocenters. The van der Waals surface area contributed by atoms with Crippen molar-refractivity contribution in [2.75, 3.05) is 7.11 Å². The summed E-state index contributed by atoms with van der Waals surface area (Å²) in [5.74, 6) is 2.49. The SMILES string of the molecule is COc1ccc(C23C[C@H]4C[C@@H](CC(C(=O)NCc5ccc(Cn6cccn6)cc5)(C4)C2)C3)cc1. The van der Waals surface area contributed by atoms with Crippen molar-refractivity contribution in [2.24, 2.45) is 17.3 Å². The zero-order valence-electron chi connectivity index (χ0n) is 19.9. The molecule has 0 spiro atoms. The fourth-order valence-electron chi connectivity index (χ4n) is 7.52. The highest BCUT2D eigenvalue weighted by molar-refractivity contribution is 5.83. The second-order valence-electron chi connectivity index (χ2n) is 11.0. The third-order valence-corrected chi connectivity index (χ3v) is 8.62. The van der Waals surface area contributed by atoms with Crippen LogP contribution in [0.25, 0.3) is 0 Å². The van der Waals surface area contributed by atoms with Crippen LogP contribution in [0.1, 0.15) is 55.2 Å². The van der Waals surface area contributed by atoms with Gasteiger partial charge in [-0.1, -0.05) is 36.4 Å². The molecule has 4 fully saturated rings. The molecule has 0 saturated heterocycles. The van der Waals surface area contributed by atoms with E-state index in [9.17, 15) is 4.79 Å². The van der Waals surface area contributed by atoms with Gasteiger partial charge >= 0.3 is 0 Å². The van der Waals surface area contributed by atoms with Gasteiger partial charge < -0.3 is 10.1 Å². The van der Waals surface area contributed by atoms with E-state index in [0.29, 0.717) is 18.4 Å². The van der Waals surface area contributed by atoms with E-state index in [1.807, 2.05) is 16.9 Å². The van der Waals surface area contributed by atoms with Crippen LogP contribution in [0.15, 0.2) is 67.0 Å². The number of hydrogen-bond donors (Lipinski definition) is 1. The van der Waals surface area contributed by atoms with Gasteiger partial charge in [-0.3, -0.25) is 9.48 Å². The van der Waals surface area contributed by atoms with Crippen molar-refractivity contribution in [3.05, 3.63) is 83.7 Å². The van der Waals surface area contributed by atoms with E-state index >= 15 is 0 Å². The van der Waals surface area contributed by atoms with Gasteiger partial charge in [0.1, 0.15) is 5.75 Å². The van der Waals surface area contributed by atoms with Crippen LogP contribution in [0.4, 0.5) is 0 Å². The molecule has 176 valence electrons. The van der Waals surface area contributed by atoms with Crippen molar-refractivity contribution in [3.8, 4) is 5.75 Å². The molecule has 1 heterocycles. The second-order valence-corrected chi connectivity index (χ2v) is 11.0. The van der Waals surface area contributed by atoms with Crippen molar-refractivity contribution >= 4 is 5.91 Å². The number of nitrogens with one attached hydrogen (secondary N) is 1. The smallest absolute Gasteiger partial charge is 0.226 e. The maximum atomic E-state index is 13.7. The van der Waals surface area contributed by atoms with Gasteiger partial charge in [0.15, 0.2) is 0 Å². The van der Waals surface area contributed by atoms with Gasteiger partial charge in [-0.15, -0.1) is 0 Å². The Bertz CT molecular complexity index is 1140. The summed E-state index contributed by atoms with van der Waals surface area (Å²) in [4.78, 5) is 13.7. The lowest BCUT2D eigenvalue weighted by Gasteiger charge is -2.61. The predicted molar refractivity (Wildman–Crippen MR) is 131 cm³/mol. The highest BCUT2D eigenvalue weighted by atomic mass is 16.5. The molecule has 1 aromatic heterocycles. The minimum absolute atomic E-state index is 0.141. The lowest BCUT2D eigenvalue weighted by molar-refractivity contribution is -0.149. The first-order chi connectivity index (χ1) is 16.6. The summed E-state index contributed by atoms with van der Waals surface area (Å²) in [6, 6.07) is 19.1. The Morgan fingerprint density at radius 1 is 1.03 bits per heavy atom. The Morgan fingerprint density at radius 2 is 1.74 bits per heavy atom. The van der Waals surface area contributed by atoms with Crippen LogP contribution in [0.5, 0.6) is 5.75 Å². The molecule has 4 aliphatic carbocycles. The molecular formula is C29H33N3O2. The summed E-state index contributed by atoms with van der Waals surface area (Å²) in [5.41, 5.74) is 3.67. The average Bonchev–Trinajstić information content (AvgIpc) is 3.36. The van der Waals surface area contributed by atoms with Crippen LogP contribution in [0, 0.1) is 17.3 Å². The minimum Gasteiger partial charge on any atom is -0.497 e. The molecule has 3 aromatic rings. The van der Waals surface area contributed by atoms with E-state index in [0.717, 1.165) is 37.1 Å². The van der Waals surface area contributed by atoms with Crippen molar-refractivity contribution in [1.29, 1.82) is 0 Å². The largest absolute Gasteiger partial charge is 0.497 e. The van der Waals surface area contributed by atoms with Crippen LogP contribution in [0.2, 0.25) is 0 Å². The fourth-order valence-corrected chi connectivity index (χ4v) is 7.52. The van der Waals surface area contributed by atoms with E-state index in [1.165, 1.54) is 30.4 Å². The molecule has 4 bridgehead atoms. The fraction of sp³-hybridized carbons (Fsp3) is 0.448. The first-order valence-electron chi connectivity index (χ1n) is 12.5. The summed E-state index contributed by atoms with van der Waals surface area (Å²) in [6.45, 7) is 1.35. The van der Waals surface area contributed by atoms with Gasteiger partial charge in [-0.2, -0.15) is 5.10 Å². The quantitative estimate of drug-likeness (QED) is 0.540. The molecule has 4 aliphatic rings. The minimum atomic E-state index is -0.218. The van der Waals surface area contributed by atoms with Crippen molar-refractivity contribution in [3.63, 3.8) is 0 Å². The number of nitrogens with zero attached hydrogens (tertiary/aromatic N) is 2. The van der Waals surface area contributed by atoms with Crippen LogP contribution in [0.3, 0.4) is 0 Å². The van der Waals surface area contributed by atoms with Gasteiger partial charge in [0.25, 0.3) is 0 Å². The Labute approximate surface area is 201 Å². The van der Waals surface area contributed by atoms with Crippen LogP contribution in [-0.2, 0) is 23.3 Å². The number of ether oxygens (including phenoxy) is 1. The molecule has 2 aromatic carbocycles. The number of rotatable bonds is 7. The Balaban J connectivity index is 1.15. The third-order valence-electron chi connectivity index (χ3n) is 8.62. The zero-order valence-corrected chi connectivity index (χ0v) is 19.9. The number of carbonyl (C=O) groups is 1. The average molecular weight is 456 g/mol. The highest BCUT2D eigenvalue weighted by Gasteiger charge is 2.60. The van der Waals surface area contributed by atoms with Gasteiger partial charge in [-0.05, 0) is 90.7 Å². The van der Waals surface area contributed by atoms with Crippen molar-refractivity contribution < 1.29 is 9.53 Å². The van der Waals surface area contributed by atoms with Gasteiger partial charge in [0.05, 0.1) is 19.1 Å². The summed E-state index contributed by atoms with van der Waals surface area (Å²) in [6.07, 6.45) is 10.6. The number of amides is 1. The Kier molecular flexibility index (Phi) is 5.23. The first kappa shape index (κ1) is 21.5. The van der Waals surface area contributed by atoms with Crippen molar-refractivity contribution in [2.45, 2.75) is 57.0 Å². The van der Waals surface area contributed by atoms with E-state index in [-0.39, 0.29) is 16.7 Å². The van der Waals surface area contributed by atoms with Crippen LogP contribution in [-0.4, -0.2) is 22.8 Å². The van der Waals surface area contributed by atoms with Crippen molar-refractivity contribution in [1.82, 2.24) is 15.1 Å². The number of hydrogen-bond acceptors (Lipinski definition) is 3. The van der Waals surface area contributed by atoms with E-state index in [1.54, 1.807) is 13.3 Å². The van der Waals surface area contributed by atoms with Gasteiger partial charge in [0.2, 0.25) is 5.91 Å². The standard InChI is InChI=1S/C29H33N3O2/c1-34-26-9-7-25(8-10-26)28-14-23-13-24(15-28)17-29(16-23,20-28)27(33)30-18-21-3-5-22(6-4-21)19-32-12-2-11-31-32/h2-12,23-24H,13-20H2,1H3,(H,30,33)/t23-,24-,28?,29?/m1/s1. The molecule has 34 heavy (non-hydrogen) atoms. The predicted octanol–water partition coefficient (Wildman–Crippen LogP) is 5.09. The number of methoxy groups -OCH3 is 1. The summed E-state index contributed by atoms with van der Waals surface area (Å²) in [5, 5.41) is 7.60. The monoisotopic (exact) mass is 455 g/mol. The molecule has 5 nitrogen and oxygen atoms in total. The molecule has 4 saturated carbocycles.